The van der Waals surface area contributed by atoms with Crippen molar-refractivity contribution in [3.05, 3.63) is 35.4 Å². The summed E-state index contributed by atoms with van der Waals surface area (Å²) in [4.78, 5) is 24.1. The van der Waals surface area contributed by atoms with Crippen LogP contribution in [-0.2, 0) is 9.47 Å². The molecule has 1 fully saturated rings. The number of esters is 2. The van der Waals surface area contributed by atoms with Crippen LogP contribution in [0.15, 0.2) is 24.3 Å². The van der Waals surface area contributed by atoms with Crippen LogP contribution in [0.25, 0.3) is 0 Å². The van der Waals surface area contributed by atoms with Gasteiger partial charge in [0, 0.05) is 0 Å². The first-order valence-corrected chi connectivity index (χ1v) is 8.50. The highest BCUT2D eigenvalue weighted by Crippen LogP contribution is 2.24. The maximum absolute atomic E-state index is 12.2. The van der Waals surface area contributed by atoms with Gasteiger partial charge in [-0.3, -0.25) is 0 Å². The molecule has 4 nitrogen and oxygen atoms in total. The van der Waals surface area contributed by atoms with E-state index in [4.69, 9.17) is 9.47 Å². The lowest BCUT2D eigenvalue weighted by Gasteiger charge is -2.21. The van der Waals surface area contributed by atoms with Crippen LogP contribution in [0.5, 0.6) is 0 Å². The van der Waals surface area contributed by atoms with Crippen molar-refractivity contribution in [2.24, 2.45) is 11.8 Å². The Morgan fingerprint density at radius 1 is 1.04 bits per heavy atom. The van der Waals surface area contributed by atoms with Gasteiger partial charge in [-0.15, -0.1) is 0 Å². The zero-order valence-electron chi connectivity index (χ0n) is 14.0. The Morgan fingerprint density at radius 3 is 2.26 bits per heavy atom. The Balaban J connectivity index is 1.90. The molecule has 1 aromatic carbocycles. The molecule has 0 radical (unpaired) electrons. The van der Waals surface area contributed by atoms with E-state index < -0.39 is 5.97 Å². The topological polar surface area (TPSA) is 52.6 Å². The predicted molar refractivity (Wildman–Crippen MR) is 88.4 cm³/mol. The van der Waals surface area contributed by atoms with Crippen molar-refractivity contribution < 1.29 is 19.1 Å². The fourth-order valence-electron chi connectivity index (χ4n) is 2.73. The van der Waals surface area contributed by atoms with Crippen molar-refractivity contribution in [3.63, 3.8) is 0 Å². The van der Waals surface area contributed by atoms with Crippen LogP contribution in [0.1, 0.15) is 66.7 Å². The average molecular weight is 318 g/mol. The summed E-state index contributed by atoms with van der Waals surface area (Å²) in [5.41, 5.74) is 0.789. The lowest BCUT2D eigenvalue weighted by molar-refractivity contribution is 0.0410. The number of hydrogen-bond donors (Lipinski definition) is 0. The van der Waals surface area contributed by atoms with Crippen LogP contribution in [-0.4, -0.2) is 25.2 Å². The summed E-state index contributed by atoms with van der Waals surface area (Å²) in [7, 11) is 0. The largest absolute Gasteiger partial charge is 0.462 e. The van der Waals surface area contributed by atoms with Crippen LogP contribution in [0.3, 0.4) is 0 Å². The second-order valence-corrected chi connectivity index (χ2v) is 6.68. The first kappa shape index (κ1) is 17.5. The molecular weight excluding hydrogens is 292 g/mol. The molecular formula is C19H26O4. The molecule has 1 aliphatic carbocycles. The minimum Gasteiger partial charge on any atom is -0.462 e. The van der Waals surface area contributed by atoms with Gasteiger partial charge < -0.3 is 9.47 Å². The molecule has 1 aromatic rings. The number of ether oxygens (including phenoxy) is 2. The summed E-state index contributed by atoms with van der Waals surface area (Å²) in [5, 5.41) is 0. The van der Waals surface area contributed by atoms with Crippen molar-refractivity contribution in [2.75, 3.05) is 13.2 Å². The van der Waals surface area contributed by atoms with Gasteiger partial charge >= 0.3 is 11.9 Å². The van der Waals surface area contributed by atoms with E-state index in [0.29, 0.717) is 30.3 Å². The Labute approximate surface area is 138 Å². The second kappa shape index (κ2) is 8.70. The molecule has 0 atom stereocenters. The fraction of sp³-hybridized carbons (Fsp3) is 0.579. The maximum atomic E-state index is 12.2. The first-order chi connectivity index (χ1) is 11.1. The Bertz CT molecular complexity index is 530. The molecule has 0 aromatic heterocycles. The van der Waals surface area contributed by atoms with E-state index in [1.54, 1.807) is 24.3 Å². The zero-order chi connectivity index (χ0) is 16.7. The Morgan fingerprint density at radius 2 is 1.65 bits per heavy atom. The highest BCUT2D eigenvalue weighted by molar-refractivity contribution is 5.95. The number of carbonyl (C=O) groups excluding carboxylic acids is 2. The third-order valence-corrected chi connectivity index (χ3v) is 4.06. The summed E-state index contributed by atoms with van der Waals surface area (Å²) in [6, 6.07) is 6.55. The molecule has 2 rings (SSSR count). The standard InChI is InChI=1S/C19H26O4/c1-14(2)12-22-18(20)16-9-6-10-17(11-16)19(21)23-13-15-7-4-3-5-8-15/h6,9-11,14-15H,3-5,7-8,12-13H2,1-2H3. The van der Waals surface area contributed by atoms with E-state index >= 15 is 0 Å². The molecule has 1 aliphatic rings. The van der Waals surface area contributed by atoms with Gasteiger partial charge in [-0.1, -0.05) is 39.2 Å². The minimum atomic E-state index is -0.402. The van der Waals surface area contributed by atoms with Crippen LogP contribution >= 0.6 is 0 Å². The highest BCUT2D eigenvalue weighted by atomic mass is 16.5. The second-order valence-electron chi connectivity index (χ2n) is 6.68. The maximum Gasteiger partial charge on any atom is 0.338 e. The predicted octanol–water partition coefficient (Wildman–Crippen LogP) is 4.24. The Kier molecular flexibility index (Phi) is 6.63. The monoisotopic (exact) mass is 318 g/mol. The molecule has 126 valence electrons. The van der Waals surface area contributed by atoms with Crippen LogP contribution in [0.2, 0.25) is 0 Å². The summed E-state index contributed by atoms with van der Waals surface area (Å²) < 4.78 is 10.6. The van der Waals surface area contributed by atoms with E-state index in [1.165, 1.54) is 19.3 Å². The quantitative estimate of drug-likeness (QED) is 0.736. The number of carbonyl (C=O) groups is 2. The molecule has 0 heterocycles. The molecule has 23 heavy (non-hydrogen) atoms. The first-order valence-electron chi connectivity index (χ1n) is 8.50. The van der Waals surface area contributed by atoms with Crippen molar-refractivity contribution >= 4 is 11.9 Å². The van der Waals surface area contributed by atoms with Gasteiger partial charge in [0.05, 0.1) is 24.3 Å². The molecule has 0 aliphatic heterocycles. The van der Waals surface area contributed by atoms with E-state index in [0.717, 1.165) is 12.8 Å². The lowest BCUT2D eigenvalue weighted by atomic mass is 9.90. The molecule has 0 bridgehead atoms. The minimum absolute atomic E-state index is 0.280. The summed E-state index contributed by atoms with van der Waals surface area (Å²) in [5.74, 6) is -0.0100. The van der Waals surface area contributed by atoms with Gasteiger partial charge in [0.15, 0.2) is 0 Å². The summed E-state index contributed by atoms with van der Waals surface area (Å²) in [6.45, 7) is 4.80. The van der Waals surface area contributed by atoms with Crippen LogP contribution in [0.4, 0.5) is 0 Å². The highest BCUT2D eigenvalue weighted by Gasteiger charge is 2.17. The summed E-state index contributed by atoms with van der Waals surface area (Å²) >= 11 is 0. The van der Waals surface area contributed by atoms with E-state index in [1.807, 2.05) is 13.8 Å². The third-order valence-electron chi connectivity index (χ3n) is 4.06. The van der Waals surface area contributed by atoms with Crippen LogP contribution < -0.4 is 0 Å². The van der Waals surface area contributed by atoms with Gasteiger partial charge in [-0.25, -0.2) is 9.59 Å². The van der Waals surface area contributed by atoms with Gasteiger partial charge in [0.1, 0.15) is 0 Å². The Hall–Kier alpha value is -1.84. The number of hydrogen-bond acceptors (Lipinski definition) is 4. The zero-order valence-corrected chi connectivity index (χ0v) is 14.0. The molecule has 0 amide bonds. The van der Waals surface area contributed by atoms with Crippen molar-refractivity contribution in [1.82, 2.24) is 0 Å². The number of benzene rings is 1. The molecule has 4 heteroatoms. The summed E-state index contributed by atoms with van der Waals surface area (Å²) in [6.07, 6.45) is 5.99. The van der Waals surface area contributed by atoms with Crippen molar-refractivity contribution in [2.45, 2.75) is 46.0 Å². The van der Waals surface area contributed by atoms with Gasteiger partial charge in [0.2, 0.25) is 0 Å². The van der Waals surface area contributed by atoms with Gasteiger partial charge in [-0.2, -0.15) is 0 Å². The molecule has 1 saturated carbocycles. The normalized spacial score (nSPS) is 15.4. The van der Waals surface area contributed by atoms with E-state index in [2.05, 4.69) is 0 Å². The van der Waals surface area contributed by atoms with Crippen molar-refractivity contribution in [3.8, 4) is 0 Å². The average Bonchev–Trinajstić information content (AvgIpc) is 2.58. The molecule has 0 spiro atoms. The van der Waals surface area contributed by atoms with Crippen molar-refractivity contribution in [1.29, 1.82) is 0 Å². The lowest BCUT2D eigenvalue weighted by Crippen LogP contribution is -2.17. The third kappa shape index (κ3) is 5.70. The van der Waals surface area contributed by atoms with Gasteiger partial charge in [0.25, 0.3) is 0 Å². The smallest absolute Gasteiger partial charge is 0.338 e. The molecule has 0 unspecified atom stereocenters. The number of rotatable bonds is 6. The van der Waals surface area contributed by atoms with Crippen LogP contribution in [0, 0.1) is 11.8 Å². The van der Waals surface area contributed by atoms with E-state index in [-0.39, 0.29) is 11.9 Å². The van der Waals surface area contributed by atoms with E-state index in [9.17, 15) is 9.59 Å². The van der Waals surface area contributed by atoms with Gasteiger partial charge in [-0.05, 0) is 42.9 Å². The SMILES string of the molecule is CC(C)COC(=O)c1cccc(C(=O)OCC2CCCCC2)c1. The molecule has 0 saturated heterocycles. The fourth-order valence-corrected chi connectivity index (χ4v) is 2.73. The molecule has 0 N–H and O–H groups in total.